The van der Waals surface area contributed by atoms with E-state index in [2.05, 4.69) is 20.7 Å². The predicted molar refractivity (Wildman–Crippen MR) is 62.1 cm³/mol. The number of nitriles is 1. The van der Waals surface area contributed by atoms with Crippen molar-refractivity contribution in [2.45, 2.75) is 0 Å². The van der Waals surface area contributed by atoms with Gasteiger partial charge in [0.2, 0.25) is 10.0 Å². The molecule has 0 atom stereocenters. The molecule has 1 aromatic carbocycles. The number of hydrogen-bond acceptors (Lipinski definition) is 3. The van der Waals surface area contributed by atoms with Crippen LogP contribution in [0.15, 0.2) is 22.7 Å². The van der Waals surface area contributed by atoms with Crippen LogP contribution in [0.3, 0.4) is 0 Å². The van der Waals surface area contributed by atoms with Crippen LogP contribution in [-0.2, 0) is 10.0 Å². The quantitative estimate of drug-likeness (QED) is 0.871. The first-order chi connectivity index (χ1) is 6.98. The van der Waals surface area contributed by atoms with Gasteiger partial charge < -0.3 is 0 Å². The van der Waals surface area contributed by atoms with Gasteiger partial charge >= 0.3 is 0 Å². The summed E-state index contributed by atoms with van der Waals surface area (Å²) in [5, 5.41) is 8.09. The lowest BCUT2D eigenvalue weighted by Gasteiger charge is -2.07. The fourth-order valence-corrected chi connectivity index (χ4v) is 2.20. The Morgan fingerprint density at radius 2 is 2.20 bits per heavy atom. The second kappa shape index (κ2) is 4.84. The average Bonchev–Trinajstić information content (AvgIpc) is 2.21. The van der Waals surface area contributed by atoms with Crippen molar-refractivity contribution in [3.05, 3.63) is 28.2 Å². The summed E-state index contributed by atoms with van der Waals surface area (Å²) < 4.78 is 25.1. The summed E-state index contributed by atoms with van der Waals surface area (Å²) in [7, 11) is -3.51. The maximum atomic E-state index is 11.1. The van der Waals surface area contributed by atoms with E-state index in [1.807, 2.05) is 6.07 Å². The van der Waals surface area contributed by atoms with E-state index in [-0.39, 0.29) is 0 Å². The van der Waals surface area contributed by atoms with Gasteiger partial charge in [0.25, 0.3) is 0 Å². The summed E-state index contributed by atoms with van der Waals surface area (Å²) in [6, 6.07) is 6.46. The Hall–Kier alpha value is -0.770. The summed E-state index contributed by atoms with van der Waals surface area (Å²) in [6.07, 6.45) is 0. The van der Waals surface area contributed by atoms with E-state index in [9.17, 15) is 8.42 Å². The molecule has 0 unspecified atom stereocenters. The van der Waals surface area contributed by atoms with E-state index in [0.29, 0.717) is 15.7 Å². The van der Waals surface area contributed by atoms with Crippen LogP contribution in [0.25, 0.3) is 0 Å². The number of anilines is 1. The number of nitrogens with one attached hydrogen (secondary N) is 1. The molecule has 1 rings (SSSR count). The number of alkyl halides is 1. The van der Waals surface area contributed by atoms with E-state index in [1.54, 1.807) is 0 Å². The van der Waals surface area contributed by atoms with Crippen LogP contribution in [0.1, 0.15) is 5.56 Å². The van der Waals surface area contributed by atoms with Gasteiger partial charge in [0.1, 0.15) is 5.21 Å². The summed E-state index contributed by atoms with van der Waals surface area (Å²) in [5.74, 6) is 0. The van der Waals surface area contributed by atoms with Crippen LogP contribution in [0.5, 0.6) is 0 Å². The molecule has 80 valence electrons. The number of sulfonamides is 1. The van der Waals surface area contributed by atoms with Gasteiger partial charge in [-0.25, -0.2) is 8.42 Å². The van der Waals surface area contributed by atoms with Crippen molar-refractivity contribution in [1.82, 2.24) is 0 Å². The molecular formula is C8H6BrClN2O2S. The molecule has 0 aliphatic heterocycles. The molecular weight excluding hydrogens is 304 g/mol. The van der Waals surface area contributed by atoms with Gasteiger partial charge in [-0.2, -0.15) is 5.26 Å². The van der Waals surface area contributed by atoms with Crippen LogP contribution < -0.4 is 4.72 Å². The van der Waals surface area contributed by atoms with Gasteiger partial charge in [0.15, 0.2) is 0 Å². The van der Waals surface area contributed by atoms with E-state index >= 15 is 0 Å². The summed E-state index contributed by atoms with van der Waals surface area (Å²) in [5.41, 5.74) is 0.797. The largest absolute Gasteiger partial charge is 0.281 e. The number of benzene rings is 1. The zero-order valence-corrected chi connectivity index (χ0v) is 10.5. The van der Waals surface area contributed by atoms with Crippen LogP contribution >= 0.6 is 27.5 Å². The monoisotopic (exact) mass is 308 g/mol. The average molecular weight is 310 g/mol. The summed E-state index contributed by atoms with van der Waals surface area (Å²) >= 11 is 8.38. The van der Waals surface area contributed by atoms with E-state index in [4.69, 9.17) is 16.9 Å². The topological polar surface area (TPSA) is 70.0 Å². The second-order valence-electron chi connectivity index (χ2n) is 2.63. The molecule has 0 aromatic heterocycles. The van der Waals surface area contributed by atoms with Gasteiger partial charge in [-0.3, -0.25) is 4.72 Å². The smallest absolute Gasteiger partial charge is 0.246 e. The third-order valence-corrected chi connectivity index (χ3v) is 3.84. The molecule has 1 aromatic rings. The summed E-state index contributed by atoms with van der Waals surface area (Å²) in [4.78, 5) is 0. The lowest BCUT2D eigenvalue weighted by Crippen LogP contribution is -2.13. The first-order valence-corrected chi connectivity index (χ1v) is 6.72. The Morgan fingerprint density at radius 1 is 1.53 bits per heavy atom. The molecule has 0 amide bonds. The van der Waals surface area contributed by atoms with Crippen molar-refractivity contribution in [3.63, 3.8) is 0 Å². The highest BCUT2D eigenvalue weighted by atomic mass is 79.9. The molecule has 0 radical (unpaired) electrons. The van der Waals surface area contributed by atoms with Crippen molar-refractivity contribution in [2.75, 3.05) is 9.93 Å². The zero-order chi connectivity index (χ0) is 11.5. The molecule has 0 saturated heterocycles. The highest BCUT2D eigenvalue weighted by Crippen LogP contribution is 2.24. The maximum Gasteiger partial charge on any atom is 0.246 e. The van der Waals surface area contributed by atoms with Gasteiger partial charge in [-0.1, -0.05) is 0 Å². The fraction of sp³-hybridized carbons (Fsp3) is 0.125. The third kappa shape index (κ3) is 3.38. The third-order valence-electron chi connectivity index (χ3n) is 1.51. The van der Waals surface area contributed by atoms with Crippen molar-refractivity contribution in [3.8, 4) is 6.07 Å². The van der Waals surface area contributed by atoms with Crippen molar-refractivity contribution >= 4 is 43.2 Å². The highest BCUT2D eigenvalue weighted by Gasteiger charge is 2.10. The van der Waals surface area contributed by atoms with Crippen molar-refractivity contribution in [2.24, 2.45) is 0 Å². The number of hydrogen-bond donors (Lipinski definition) is 1. The molecule has 1 N–H and O–H groups in total. The lowest BCUT2D eigenvalue weighted by molar-refractivity contribution is 0.605. The number of rotatable bonds is 3. The van der Waals surface area contributed by atoms with E-state index in [1.165, 1.54) is 18.2 Å². The van der Waals surface area contributed by atoms with Crippen molar-refractivity contribution in [1.29, 1.82) is 5.26 Å². The molecule has 0 aliphatic carbocycles. The van der Waals surface area contributed by atoms with Crippen LogP contribution in [0.2, 0.25) is 0 Å². The standard InChI is InChI=1S/C8H6BrClN2O2S/c9-7-3-6(4-11)1-2-8(7)12-15(13,14)5-10/h1-3,12H,5H2. The Kier molecular flexibility index (Phi) is 3.97. The summed E-state index contributed by atoms with van der Waals surface area (Å²) in [6.45, 7) is 0. The molecule has 0 heterocycles. The molecule has 7 heteroatoms. The predicted octanol–water partition coefficient (Wildman–Crippen LogP) is 2.26. The minimum atomic E-state index is -3.51. The Balaban J connectivity index is 3.04. The van der Waals surface area contributed by atoms with Crippen LogP contribution in [-0.4, -0.2) is 13.6 Å². The zero-order valence-electron chi connectivity index (χ0n) is 7.37. The molecule has 0 fully saturated rings. The Bertz CT molecular complexity index is 510. The minimum absolute atomic E-state index is 0.356. The molecule has 4 nitrogen and oxygen atoms in total. The van der Waals surface area contributed by atoms with Gasteiger partial charge in [0.05, 0.1) is 17.3 Å². The lowest BCUT2D eigenvalue weighted by atomic mass is 10.2. The van der Waals surface area contributed by atoms with E-state index in [0.717, 1.165) is 0 Å². The first-order valence-electron chi connectivity index (χ1n) is 3.74. The fourth-order valence-electron chi connectivity index (χ4n) is 0.862. The SMILES string of the molecule is N#Cc1ccc(NS(=O)(=O)CCl)c(Br)c1. The number of nitrogens with zero attached hydrogens (tertiary/aromatic N) is 1. The van der Waals surface area contributed by atoms with Gasteiger partial charge in [-0.15, -0.1) is 11.6 Å². The Labute approximate surface area is 101 Å². The first kappa shape index (κ1) is 12.3. The van der Waals surface area contributed by atoms with Gasteiger partial charge in [0, 0.05) is 4.47 Å². The molecule has 0 saturated carbocycles. The molecule has 0 bridgehead atoms. The number of halogens is 2. The minimum Gasteiger partial charge on any atom is -0.281 e. The molecule has 15 heavy (non-hydrogen) atoms. The maximum absolute atomic E-state index is 11.1. The van der Waals surface area contributed by atoms with Crippen LogP contribution in [0.4, 0.5) is 5.69 Å². The van der Waals surface area contributed by atoms with Crippen molar-refractivity contribution < 1.29 is 8.42 Å². The highest BCUT2D eigenvalue weighted by molar-refractivity contribution is 9.10. The second-order valence-corrected chi connectivity index (χ2v) is 5.79. The molecule has 0 spiro atoms. The Morgan fingerprint density at radius 3 is 2.67 bits per heavy atom. The van der Waals surface area contributed by atoms with E-state index < -0.39 is 15.2 Å². The normalized spacial score (nSPS) is 10.7. The van der Waals surface area contributed by atoms with Gasteiger partial charge in [-0.05, 0) is 34.1 Å². The van der Waals surface area contributed by atoms with Crippen LogP contribution in [0, 0.1) is 11.3 Å². The molecule has 0 aliphatic rings.